The fourth-order valence-corrected chi connectivity index (χ4v) is 3.77. The number of carbonyl (C=O) groups excluding carboxylic acids is 1. The topological polar surface area (TPSA) is 102 Å². The molecule has 0 bridgehead atoms. The maximum absolute atomic E-state index is 12.7. The third-order valence-corrected chi connectivity index (χ3v) is 5.57. The van der Waals surface area contributed by atoms with Crippen molar-refractivity contribution in [3.8, 4) is 11.1 Å². The predicted octanol–water partition coefficient (Wildman–Crippen LogP) is 3.08. The van der Waals surface area contributed by atoms with E-state index in [0.29, 0.717) is 17.0 Å². The SMILES string of the molecule is [2H]C([2H])([2H])n1cc(-c2ccc3nnc(NC(=O)c4coc(C5CCN(C)CC5)n4)cc3c2)cn1. The van der Waals surface area contributed by atoms with Crippen molar-refractivity contribution >= 4 is 22.6 Å². The molecule has 0 aliphatic carbocycles. The Labute approximate surface area is 183 Å². The van der Waals surface area contributed by atoms with Crippen molar-refractivity contribution in [1.82, 2.24) is 29.9 Å². The maximum Gasteiger partial charge on any atom is 0.278 e. The van der Waals surface area contributed by atoms with Crippen LogP contribution in [0.5, 0.6) is 0 Å². The Morgan fingerprint density at radius 3 is 2.90 bits per heavy atom. The van der Waals surface area contributed by atoms with Crippen LogP contribution in [0.1, 0.15) is 39.3 Å². The van der Waals surface area contributed by atoms with Crippen LogP contribution >= 0.6 is 0 Å². The van der Waals surface area contributed by atoms with E-state index in [1.807, 2.05) is 12.1 Å². The van der Waals surface area contributed by atoms with E-state index in [1.165, 1.54) is 18.7 Å². The quantitative estimate of drug-likeness (QED) is 0.541. The first-order chi connectivity index (χ1) is 16.3. The Morgan fingerprint density at radius 2 is 2.10 bits per heavy atom. The number of benzene rings is 1. The number of nitrogens with one attached hydrogen (secondary N) is 1. The number of aryl methyl sites for hydroxylation is 1. The number of piperidine rings is 1. The Balaban J connectivity index is 1.33. The summed E-state index contributed by atoms with van der Waals surface area (Å²) in [5.74, 6) is 0.653. The van der Waals surface area contributed by atoms with Crippen molar-refractivity contribution in [1.29, 1.82) is 0 Å². The first kappa shape index (κ1) is 16.1. The zero-order valence-electron chi connectivity index (χ0n) is 19.9. The molecule has 158 valence electrons. The Kier molecular flexibility index (Phi) is 4.12. The molecule has 0 unspecified atom stereocenters. The van der Waals surface area contributed by atoms with Crippen LogP contribution in [0.4, 0.5) is 5.82 Å². The lowest BCUT2D eigenvalue weighted by Gasteiger charge is -2.26. The fourth-order valence-electron chi connectivity index (χ4n) is 3.77. The zero-order chi connectivity index (χ0) is 23.9. The van der Waals surface area contributed by atoms with Gasteiger partial charge in [-0.15, -0.1) is 10.2 Å². The van der Waals surface area contributed by atoms with E-state index in [9.17, 15) is 4.79 Å². The standard InChI is InChI=1S/C22H23N7O2/c1-28-7-5-14(6-8-28)22-24-19(13-31-22)21(30)25-20-10-16-9-15(3-4-18(16)26-27-20)17-11-23-29(2)12-17/h3-4,9-14H,5-8H2,1-2H3,(H,25,27,30)/i2D3. The normalized spacial score (nSPS) is 17.3. The van der Waals surface area contributed by atoms with Crippen molar-refractivity contribution in [3.63, 3.8) is 0 Å². The summed E-state index contributed by atoms with van der Waals surface area (Å²) in [4.78, 5) is 19.4. The summed E-state index contributed by atoms with van der Waals surface area (Å²) in [6.07, 6.45) is 6.23. The minimum absolute atomic E-state index is 0.196. The molecule has 1 saturated heterocycles. The highest BCUT2D eigenvalue weighted by molar-refractivity contribution is 6.02. The van der Waals surface area contributed by atoms with Crippen LogP contribution in [-0.2, 0) is 6.98 Å². The number of rotatable bonds is 4. The van der Waals surface area contributed by atoms with Gasteiger partial charge < -0.3 is 14.6 Å². The molecule has 5 rings (SSSR count). The van der Waals surface area contributed by atoms with E-state index in [0.717, 1.165) is 41.6 Å². The Hall–Kier alpha value is -3.59. The molecule has 1 aliphatic rings. The number of fused-ring (bicyclic) bond motifs is 1. The van der Waals surface area contributed by atoms with E-state index in [1.54, 1.807) is 12.1 Å². The average Bonchev–Trinajstić information content (AvgIpc) is 3.49. The third kappa shape index (κ3) is 4.04. The van der Waals surface area contributed by atoms with Crippen molar-refractivity contribution in [2.75, 3.05) is 25.5 Å². The van der Waals surface area contributed by atoms with Crippen molar-refractivity contribution in [2.24, 2.45) is 6.98 Å². The number of nitrogens with zero attached hydrogens (tertiary/aromatic N) is 6. The Morgan fingerprint density at radius 1 is 1.23 bits per heavy atom. The zero-order valence-corrected chi connectivity index (χ0v) is 16.9. The molecule has 0 saturated carbocycles. The van der Waals surface area contributed by atoms with E-state index in [4.69, 9.17) is 8.53 Å². The number of likely N-dealkylation sites (tertiary alicyclic amines) is 1. The van der Waals surface area contributed by atoms with Crippen molar-refractivity contribution < 1.29 is 13.3 Å². The minimum Gasteiger partial charge on any atom is -0.448 e. The van der Waals surface area contributed by atoms with Gasteiger partial charge >= 0.3 is 0 Å². The van der Waals surface area contributed by atoms with Gasteiger partial charge in [-0.2, -0.15) is 5.10 Å². The predicted molar refractivity (Wildman–Crippen MR) is 116 cm³/mol. The summed E-state index contributed by atoms with van der Waals surface area (Å²) in [6.45, 7) is -0.396. The minimum atomic E-state index is -2.34. The second kappa shape index (κ2) is 7.92. The average molecular weight is 420 g/mol. The molecule has 4 aromatic rings. The highest BCUT2D eigenvalue weighted by atomic mass is 16.3. The van der Waals surface area contributed by atoms with Gasteiger partial charge in [0.05, 0.1) is 11.7 Å². The summed E-state index contributed by atoms with van der Waals surface area (Å²) in [5, 5.41) is 15.6. The molecule has 0 radical (unpaired) electrons. The lowest BCUT2D eigenvalue weighted by Crippen LogP contribution is -2.29. The molecule has 1 fully saturated rings. The Bertz CT molecular complexity index is 1340. The van der Waals surface area contributed by atoms with Crippen molar-refractivity contribution in [3.05, 3.63) is 54.5 Å². The molecule has 31 heavy (non-hydrogen) atoms. The van der Waals surface area contributed by atoms with Crippen LogP contribution in [0.25, 0.3) is 22.0 Å². The van der Waals surface area contributed by atoms with E-state index in [-0.39, 0.29) is 17.4 Å². The summed E-state index contributed by atoms with van der Waals surface area (Å²) < 4.78 is 28.9. The van der Waals surface area contributed by atoms with Crippen LogP contribution in [0.3, 0.4) is 0 Å². The molecule has 9 heteroatoms. The molecule has 9 nitrogen and oxygen atoms in total. The van der Waals surface area contributed by atoms with Crippen LogP contribution < -0.4 is 5.32 Å². The number of hydrogen-bond acceptors (Lipinski definition) is 7. The number of amides is 1. The summed E-state index contributed by atoms with van der Waals surface area (Å²) in [6, 6.07) is 7.14. The van der Waals surface area contributed by atoms with Crippen LogP contribution in [-0.4, -0.2) is 55.9 Å². The van der Waals surface area contributed by atoms with Gasteiger partial charge in [-0.25, -0.2) is 4.98 Å². The van der Waals surface area contributed by atoms with Gasteiger partial charge in [0.1, 0.15) is 6.26 Å². The molecule has 4 heterocycles. The number of oxazole rings is 1. The molecular formula is C22H23N7O2. The molecular weight excluding hydrogens is 394 g/mol. The smallest absolute Gasteiger partial charge is 0.278 e. The van der Waals surface area contributed by atoms with Gasteiger partial charge in [0.25, 0.3) is 5.91 Å². The maximum atomic E-state index is 12.7. The van der Waals surface area contributed by atoms with Gasteiger partial charge in [-0.1, -0.05) is 6.07 Å². The first-order valence-electron chi connectivity index (χ1n) is 11.5. The fraction of sp³-hybridized carbons (Fsp3) is 0.318. The second-order valence-corrected chi connectivity index (χ2v) is 7.78. The van der Waals surface area contributed by atoms with Crippen molar-refractivity contribution in [2.45, 2.75) is 18.8 Å². The van der Waals surface area contributed by atoms with Crippen LogP contribution in [0.2, 0.25) is 0 Å². The van der Waals surface area contributed by atoms with Gasteiger partial charge in [-0.3, -0.25) is 9.48 Å². The first-order valence-corrected chi connectivity index (χ1v) is 10.0. The van der Waals surface area contributed by atoms with Gasteiger partial charge in [0.2, 0.25) is 0 Å². The van der Waals surface area contributed by atoms with E-state index < -0.39 is 12.9 Å². The monoisotopic (exact) mass is 420 g/mol. The number of anilines is 1. The van der Waals surface area contributed by atoms with Crippen LogP contribution in [0.15, 0.2) is 47.3 Å². The second-order valence-electron chi connectivity index (χ2n) is 7.78. The van der Waals surface area contributed by atoms with Gasteiger partial charge in [-0.05, 0) is 56.7 Å². The summed E-state index contributed by atoms with van der Waals surface area (Å²) in [7, 11) is 2.09. The lowest BCUT2D eigenvalue weighted by molar-refractivity contribution is 0.102. The largest absolute Gasteiger partial charge is 0.448 e. The molecule has 1 aliphatic heterocycles. The number of hydrogen-bond donors (Lipinski definition) is 1. The molecule has 0 atom stereocenters. The number of carbonyl (C=O) groups is 1. The highest BCUT2D eigenvalue weighted by Gasteiger charge is 2.24. The molecule has 0 spiro atoms. The molecule has 3 aromatic heterocycles. The molecule has 1 N–H and O–H groups in total. The number of aromatic nitrogens is 5. The van der Waals surface area contributed by atoms with Crippen LogP contribution in [0, 0.1) is 0 Å². The summed E-state index contributed by atoms with van der Waals surface area (Å²) >= 11 is 0. The molecule has 1 amide bonds. The third-order valence-electron chi connectivity index (χ3n) is 5.57. The lowest BCUT2D eigenvalue weighted by atomic mass is 9.97. The van der Waals surface area contributed by atoms with Gasteiger partial charge in [0, 0.05) is 34.2 Å². The molecule has 1 aromatic carbocycles. The van der Waals surface area contributed by atoms with E-state index >= 15 is 0 Å². The summed E-state index contributed by atoms with van der Waals surface area (Å²) in [5.41, 5.74) is 2.26. The van der Waals surface area contributed by atoms with Gasteiger partial charge in [0.15, 0.2) is 17.4 Å². The van der Waals surface area contributed by atoms with E-state index in [2.05, 4.69) is 37.5 Å². The highest BCUT2D eigenvalue weighted by Crippen LogP contribution is 2.27.